The highest BCUT2D eigenvalue weighted by Crippen LogP contribution is 2.32. The Morgan fingerprint density at radius 2 is 2.14 bits per heavy atom. The van der Waals surface area contributed by atoms with E-state index in [1.807, 2.05) is 18.9 Å². The van der Waals surface area contributed by atoms with Gasteiger partial charge in [0.2, 0.25) is 0 Å². The van der Waals surface area contributed by atoms with Gasteiger partial charge in [-0.15, -0.1) is 0 Å². The largest absolute Gasteiger partial charge is 0.387 e. The first-order valence-electron chi connectivity index (χ1n) is 7.30. The van der Waals surface area contributed by atoms with E-state index in [9.17, 15) is 10.2 Å². The molecule has 4 unspecified atom stereocenters. The topological polar surface area (TPSA) is 110 Å². The lowest BCUT2D eigenvalue weighted by atomic mass is 10.1. The fourth-order valence-corrected chi connectivity index (χ4v) is 2.74. The van der Waals surface area contributed by atoms with Gasteiger partial charge in [-0.1, -0.05) is 6.92 Å². The van der Waals surface area contributed by atoms with E-state index in [1.165, 1.54) is 6.33 Å². The predicted octanol–water partition coefficient (Wildman–Crippen LogP) is -0.416. The van der Waals surface area contributed by atoms with Crippen LogP contribution in [-0.2, 0) is 4.74 Å². The molecule has 0 radical (unpaired) electrons. The summed E-state index contributed by atoms with van der Waals surface area (Å²) in [4.78, 5) is 10.2. The summed E-state index contributed by atoms with van der Waals surface area (Å²) in [6.45, 7) is 3.40. The molecular weight excluding hydrogens is 286 g/mol. The van der Waals surface area contributed by atoms with Crippen LogP contribution >= 0.6 is 0 Å². The van der Waals surface area contributed by atoms with Gasteiger partial charge in [-0.25, -0.2) is 9.97 Å². The van der Waals surface area contributed by atoms with Crippen LogP contribution in [0.1, 0.15) is 13.2 Å². The van der Waals surface area contributed by atoms with Crippen molar-refractivity contribution >= 4 is 16.9 Å². The second kappa shape index (κ2) is 5.81. The molecule has 0 aliphatic carbocycles. The standard InChI is InChI=1S/C14H21N5O3/c1-3-18(2)6-9-10(20)11(21)14(22-9)19-5-4-8-12(15)16-7-17-13(8)19/h4-5,7,9-11,14,20-21H,3,6H2,1-2H3,(H2,15,16,17). The monoisotopic (exact) mass is 307 g/mol. The van der Waals surface area contributed by atoms with Crippen LogP contribution in [0, 0.1) is 0 Å². The van der Waals surface area contributed by atoms with E-state index >= 15 is 0 Å². The second-order valence-corrected chi connectivity index (χ2v) is 5.62. The van der Waals surface area contributed by atoms with Gasteiger partial charge < -0.3 is 30.2 Å². The highest BCUT2D eigenvalue weighted by molar-refractivity contribution is 5.86. The minimum absolute atomic E-state index is 0.374. The Balaban J connectivity index is 1.89. The van der Waals surface area contributed by atoms with Gasteiger partial charge in [0.1, 0.15) is 36.1 Å². The number of ether oxygens (including phenoxy) is 1. The molecule has 22 heavy (non-hydrogen) atoms. The zero-order valence-electron chi connectivity index (χ0n) is 12.6. The number of aliphatic hydroxyl groups is 2. The first-order valence-corrected chi connectivity index (χ1v) is 7.30. The molecule has 120 valence electrons. The van der Waals surface area contributed by atoms with Crippen LogP contribution in [0.25, 0.3) is 11.0 Å². The lowest BCUT2D eigenvalue weighted by Crippen LogP contribution is -2.38. The lowest BCUT2D eigenvalue weighted by molar-refractivity contribution is -0.0415. The first-order chi connectivity index (χ1) is 10.5. The van der Waals surface area contributed by atoms with Crippen molar-refractivity contribution in [1.29, 1.82) is 0 Å². The summed E-state index contributed by atoms with van der Waals surface area (Å²) >= 11 is 0. The molecule has 1 aliphatic rings. The number of likely N-dealkylation sites (N-methyl/N-ethyl adjacent to an activating group) is 1. The number of nitrogens with two attached hydrogens (primary N) is 1. The van der Waals surface area contributed by atoms with E-state index < -0.39 is 24.5 Å². The molecule has 3 rings (SSSR count). The fraction of sp³-hybridized carbons (Fsp3) is 0.571. The van der Waals surface area contributed by atoms with Crippen molar-refractivity contribution in [2.75, 3.05) is 25.9 Å². The van der Waals surface area contributed by atoms with Gasteiger partial charge in [0.15, 0.2) is 6.23 Å². The summed E-state index contributed by atoms with van der Waals surface area (Å²) in [5, 5.41) is 21.2. The van der Waals surface area contributed by atoms with Crippen LogP contribution in [0.15, 0.2) is 18.6 Å². The Labute approximate surface area is 128 Å². The summed E-state index contributed by atoms with van der Waals surface area (Å²) < 4.78 is 7.56. The number of fused-ring (bicyclic) bond motifs is 1. The van der Waals surface area contributed by atoms with Gasteiger partial charge in [0, 0.05) is 12.7 Å². The highest BCUT2D eigenvalue weighted by Gasteiger charge is 2.44. The van der Waals surface area contributed by atoms with Gasteiger partial charge in [-0.05, 0) is 19.7 Å². The molecule has 0 amide bonds. The Kier molecular flexibility index (Phi) is 4.00. The molecule has 1 fully saturated rings. The maximum Gasteiger partial charge on any atom is 0.164 e. The third-order valence-corrected chi connectivity index (χ3v) is 4.18. The van der Waals surface area contributed by atoms with E-state index in [0.29, 0.717) is 23.4 Å². The molecule has 4 atom stereocenters. The number of anilines is 1. The third kappa shape index (κ3) is 2.44. The van der Waals surface area contributed by atoms with Gasteiger partial charge in [-0.2, -0.15) is 0 Å². The SMILES string of the molecule is CCN(C)CC1OC(n2ccc3c(N)ncnc32)C(O)C1O. The Morgan fingerprint density at radius 1 is 1.36 bits per heavy atom. The predicted molar refractivity (Wildman–Crippen MR) is 81.0 cm³/mol. The van der Waals surface area contributed by atoms with E-state index in [0.717, 1.165) is 6.54 Å². The molecule has 2 aromatic heterocycles. The van der Waals surface area contributed by atoms with Crippen molar-refractivity contribution in [3.63, 3.8) is 0 Å². The number of nitrogen functional groups attached to an aromatic ring is 1. The number of hydrogen-bond donors (Lipinski definition) is 3. The number of hydrogen-bond acceptors (Lipinski definition) is 7. The molecular formula is C14H21N5O3. The zero-order chi connectivity index (χ0) is 15.9. The molecule has 1 aliphatic heterocycles. The molecule has 8 nitrogen and oxygen atoms in total. The average Bonchev–Trinajstić information content (AvgIpc) is 3.05. The van der Waals surface area contributed by atoms with Crippen molar-refractivity contribution in [2.45, 2.75) is 31.5 Å². The van der Waals surface area contributed by atoms with Crippen LogP contribution < -0.4 is 5.73 Å². The average molecular weight is 307 g/mol. The Morgan fingerprint density at radius 3 is 2.86 bits per heavy atom. The van der Waals surface area contributed by atoms with Gasteiger partial charge in [0.05, 0.1) is 5.39 Å². The molecule has 0 spiro atoms. The molecule has 0 bridgehead atoms. The minimum Gasteiger partial charge on any atom is -0.387 e. The fourth-order valence-electron chi connectivity index (χ4n) is 2.74. The van der Waals surface area contributed by atoms with E-state index in [2.05, 4.69) is 9.97 Å². The summed E-state index contributed by atoms with van der Waals surface area (Å²) in [7, 11) is 1.94. The zero-order valence-corrected chi connectivity index (χ0v) is 12.6. The second-order valence-electron chi connectivity index (χ2n) is 5.62. The van der Waals surface area contributed by atoms with Gasteiger partial charge in [0.25, 0.3) is 0 Å². The summed E-state index contributed by atoms with van der Waals surface area (Å²) in [6, 6.07) is 1.78. The van der Waals surface area contributed by atoms with E-state index in [-0.39, 0.29) is 0 Å². The van der Waals surface area contributed by atoms with Gasteiger partial charge in [-0.3, -0.25) is 0 Å². The number of aromatic nitrogens is 3. The molecule has 4 N–H and O–H groups in total. The normalized spacial score (nSPS) is 28.8. The van der Waals surface area contributed by atoms with Crippen LogP contribution in [0.2, 0.25) is 0 Å². The van der Waals surface area contributed by atoms with Crippen LogP contribution in [0.5, 0.6) is 0 Å². The Hall–Kier alpha value is -1.74. The molecule has 0 saturated carbocycles. The lowest BCUT2D eigenvalue weighted by Gasteiger charge is -2.21. The van der Waals surface area contributed by atoms with Crippen molar-refractivity contribution < 1.29 is 14.9 Å². The number of nitrogens with zero attached hydrogens (tertiary/aromatic N) is 4. The van der Waals surface area contributed by atoms with Crippen molar-refractivity contribution in [2.24, 2.45) is 0 Å². The van der Waals surface area contributed by atoms with Crippen molar-refractivity contribution in [3.05, 3.63) is 18.6 Å². The quantitative estimate of drug-likeness (QED) is 0.704. The minimum atomic E-state index is -1.03. The van der Waals surface area contributed by atoms with Crippen LogP contribution in [0.3, 0.4) is 0 Å². The maximum atomic E-state index is 10.3. The van der Waals surface area contributed by atoms with Crippen molar-refractivity contribution in [3.8, 4) is 0 Å². The van der Waals surface area contributed by atoms with Crippen LogP contribution in [-0.4, -0.2) is 68.1 Å². The summed E-state index contributed by atoms with van der Waals surface area (Å²) in [6.07, 6.45) is -0.0208. The van der Waals surface area contributed by atoms with Crippen molar-refractivity contribution in [1.82, 2.24) is 19.4 Å². The summed E-state index contributed by atoms with van der Waals surface area (Å²) in [5.74, 6) is 0.374. The number of aliphatic hydroxyl groups excluding tert-OH is 2. The highest BCUT2D eigenvalue weighted by atomic mass is 16.6. The van der Waals surface area contributed by atoms with E-state index in [1.54, 1.807) is 16.8 Å². The van der Waals surface area contributed by atoms with Crippen LogP contribution in [0.4, 0.5) is 5.82 Å². The molecule has 1 saturated heterocycles. The molecule has 8 heteroatoms. The molecule has 2 aromatic rings. The third-order valence-electron chi connectivity index (χ3n) is 4.18. The summed E-state index contributed by atoms with van der Waals surface area (Å²) in [5.41, 5.74) is 6.39. The number of rotatable bonds is 4. The van der Waals surface area contributed by atoms with E-state index in [4.69, 9.17) is 10.5 Å². The van der Waals surface area contributed by atoms with Gasteiger partial charge >= 0.3 is 0 Å². The smallest absolute Gasteiger partial charge is 0.164 e. The Bertz CT molecular complexity index is 661. The molecule has 0 aromatic carbocycles. The molecule has 3 heterocycles. The first kappa shape index (κ1) is 15.2. The maximum absolute atomic E-state index is 10.3.